The molecule has 1 unspecified atom stereocenters. The van der Waals surface area contributed by atoms with Crippen molar-refractivity contribution in [3.05, 3.63) is 76.2 Å². The van der Waals surface area contributed by atoms with Gasteiger partial charge in [-0.2, -0.15) is 0 Å². The van der Waals surface area contributed by atoms with Crippen molar-refractivity contribution in [2.45, 2.75) is 11.8 Å². The van der Waals surface area contributed by atoms with Gasteiger partial charge in [-0.25, -0.2) is 8.78 Å². The molecule has 0 bridgehead atoms. The molecule has 4 nitrogen and oxygen atoms in total. The van der Waals surface area contributed by atoms with E-state index in [0.717, 1.165) is 44.8 Å². The molecule has 2 aliphatic heterocycles. The molecule has 7 heteroatoms. The average Bonchev–Trinajstić information content (AvgIpc) is 3.04. The molecule has 0 N–H and O–H groups in total. The molecule has 0 spiro atoms. The van der Waals surface area contributed by atoms with Crippen LogP contribution in [0.25, 0.3) is 6.08 Å². The lowest BCUT2D eigenvalue weighted by molar-refractivity contribution is -0.126. The van der Waals surface area contributed by atoms with Crippen molar-refractivity contribution in [2.75, 3.05) is 39.4 Å². The molecule has 158 valence electrons. The highest BCUT2D eigenvalue weighted by atomic mass is 32.2. The van der Waals surface area contributed by atoms with E-state index in [4.69, 9.17) is 4.74 Å². The van der Waals surface area contributed by atoms with Crippen molar-refractivity contribution in [1.82, 2.24) is 9.80 Å². The molecule has 2 aliphatic rings. The standard InChI is InChI=1S/C23H24F2N2O2S/c24-19-6-1-4-17(14-19)15-21-22(28)27(9-3-8-26-10-12-29-13-11-26)23(30-21)18-5-2-7-20(25)16-18/h1-2,4-7,14-16,23H,3,8-13H2/b21-15+. The smallest absolute Gasteiger partial charge is 0.261 e. The fraction of sp³-hybridized carbons (Fsp3) is 0.348. The molecule has 0 aliphatic carbocycles. The van der Waals surface area contributed by atoms with E-state index in [1.165, 1.54) is 36.0 Å². The quantitative estimate of drug-likeness (QED) is 0.640. The molecule has 2 fully saturated rings. The van der Waals surface area contributed by atoms with Gasteiger partial charge in [0.15, 0.2) is 0 Å². The predicted octanol–water partition coefficient (Wildman–Crippen LogP) is 4.30. The lowest BCUT2D eigenvalue weighted by Gasteiger charge is -2.28. The Hall–Kier alpha value is -2.22. The van der Waals surface area contributed by atoms with E-state index in [9.17, 15) is 13.6 Å². The summed E-state index contributed by atoms with van der Waals surface area (Å²) in [4.78, 5) is 17.8. The Morgan fingerprint density at radius 3 is 2.50 bits per heavy atom. The Kier molecular flexibility index (Phi) is 6.82. The van der Waals surface area contributed by atoms with Crippen LogP contribution in [0.15, 0.2) is 53.4 Å². The molecule has 2 saturated heterocycles. The Balaban J connectivity index is 1.53. The maximum atomic E-state index is 13.8. The van der Waals surface area contributed by atoms with Gasteiger partial charge in [0.2, 0.25) is 0 Å². The topological polar surface area (TPSA) is 32.8 Å². The number of ether oxygens (including phenoxy) is 1. The van der Waals surface area contributed by atoms with Crippen molar-refractivity contribution in [2.24, 2.45) is 0 Å². The zero-order valence-corrected chi connectivity index (χ0v) is 17.4. The van der Waals surface area contributed by atoms with E-state index in [1.807, 2.05) is 6.07 Å². The number of hydrogen-bond acceptors (Lipinski definition) is 4. The van der Waals surface area contributed by atoms with Crippen LogP contribution in [0.1, 0.15) is 22.9 Å². The van der Waals surface area contributed by atoms with Crippen molar-refractivity contribution >= 4 is 23.7 Å². The summed E-state index contributed by atoms with van der Waals surface area (Å²) in [5.41, 5.74) is 1.39. The number of morpholine rings is 1. The van der Waals surface area contributed by atoms with Gasteiger partial charge in [0.25, 0.3) is 5.91 Å². The summed E-state index contributed by atoms with van der Waals surface area (Å²) >= 11 is 1.39. The summed E-state index contributed by atoms with van der Waals surface area (Å²) in [6.45, 7) is 4.75. The molecule has 2 aromatic carbocycles. The summed E-state index contributed by atoms with van der Waals surface area (Å²) in [6.07, 6.45) is 2.54. The van der Waals surface area contributed by atoms with Gasteiger partial charge in [-0.15, -0.1) is 0 Å². The number of halogens is 2. The first-order chi connectivity index (χ1) is 14.6. The predicted molar refractivity (Wildman–Crippen MR) is 115 cm³/mol. The summed E-state index contributed by atoms with van der Waals surface area (Å²) in [5.74, 6) is -0.763. The number of carbonyl (C=O) groups excluding carboxylic acids is 1. The summed E-state index contributed by atoms with van der Waals surface area (Å²) in [7, 11) is 0. The molecule has 1 amide bonds. The minimum atomic E-state index is -0.344. The highest BCUT2D eigenvalue weighted by Crippen LogP contribution is 2.46. The maximum Gasteiger partial charge on any atom is 0.261 e. The Morgan fingerprint density at radius 1 is 1.03 bits per heavy atom. The van der Waals surface area contributed by atoms with Crippen LogP contribution in [-0.2, 0) is 9.53 Å². The monoisotopic (exact) mass is 430 g/mol. The number of rotatable bonds is 6. The molecule has 4 rings (SSSR count). The van der Waals surface area contributed by atoms with Crippen molar-refractivity contribution in [1.29, 1.82) is 0 Å². The highest BCUT2D eigenvalue weighted by molar-refractivity contribution is 8.04. The first kappa shape index (κ1) is 21.0. The van der Waals surface area contributed by atoms with Crippen LogP contribution in [0.3, 0.4) is 0 Å². The SMILES string of the molecule is O=C1/C(=C\c2cccc(F)c2)SC(c2cccc(F)c2)N1CCCN1CCOCC1. The molecule has 0 radical (unpaired) electrons. The van der Waals surface area contributed by atoms with Gasteiger partial charge in [0, 0.05) is 26.2 Å². The molecule has 1 atom stereocenters. The average molecular weight is 431 g/mol. The van der Waals surface area contributed by atoms with Gasteiger partial charge in [-0.3, -0.25) is 9.69 Å². The summed E-state index contributed by atoms with van der Waals surface area (Å²) in [5, 5.41) is -0.294. The molecule has 2 aromatic rings. The fourth-order valence-electron chi connectivity index (χ4n) is 3.74. The first-order valence-electron chi connectivity index (χ1n) is 10.1. The zero-order chi connectivity index (χ0) is 20.9. The summed E-state index contributed by atoms with van der Waals surface area (Å²) in [6, 6.07) is 12.5. The third-order valence-electron chi connectivity index (χ3n) is 5.25. The summed E-state index contributed by atoms with van der Waals surface area (Å²) < 4.78 is 32.8. The van der Waals surface area contributed by atoms with E-state index in [-0.39, 0.29) is 22.9 Å². The molecule has 30 heavy (non-hydrogen) atoms. The van der Waals surface area contributed by atoms with E-state index in [1.54, 1.807) is 29.2 Å². The third-order valence-corrected chi connectivity index (χ3v) is 6.55. The van der Waals surface area contributed by atoms with Gasteiger partial charge in [0.05, 0.1) is 18.1 Å². The van der Waals surface area contributed by atoms with Crippen LogP contribution in [0.2, 0.25) is 0 Å². The minimum absolute atomic E-state index is 0.0968. The number of nitrogens with zero attached hydrogens (tertiary/aromatic N) is 2. The van der Waals surface area contributed by atoms with E-state index in [2.05, 4.69) is 4.90 Å². The zero-order valence-electron chi connectivity index (χ0n) is 16.6. The van der Waals surface area contributed by atoms with E-state index >= 15 is 0 Å². The van der Waals surface area contributed by atoms with Crippen molar-refractivity contribution < 1.29 is 18.3 Å². The number of carbonyl (C=O) groups is 1. The molecule has 0 saturated carbocycles. The van der Waals surface area contributed by atoms with Gasteiger partial charge in [-0.05, 0) is 47.9 Å². The maximum absolute atomic E-state index is 13.8. The van der Waals surface area contributed by atoms with Crippen LogP contribution >= 0.6 is 11.8 Å². The van der Waals surface area contributed by atoms with Gasteiger partial charge in [-0.1, -0.05) is 36.0 Å². The van der Waals surface area contributed by atoms with Gasteiger partial charge < -0.3 is 9.64 Å². The van der Waals surface area contributed by atoms with Gasteiger partial charge >= 0.3 is 0 Å². The van der Waals surface area contributed by atoms with Crippen LogP contribution in [0.4, 0.5) is 8.78 Å². The molecular formula is C23H24F2N2O2S. The largest absolute Gasteiger partial charge is 0.379 e. The lowest BCUT2D eigenvalue weighted by Crippen LogP contribution is -2.38. The van der Waals surface area contributed by atoms with Crippen LogP contribution in [0, 0.1) is 11.6 Å². The number of amides is 1. The molecule has 0 aromatic heterocycles. The molecular weight excluding hydrogens is 406 g/mol. The minimum Gasteiger partial charge on any atom is -0.379 e. The Bertz CT molecular complexity index is 931. The second-order valence-electron chi connectivity index (χ2n) is 7.39. The fourth-order valence-corrected chi connectivity index (χ4v) is 5.02. The molecule has 2 heterocycles. The second-order valence-corrected chi connectivity index (χ2v) is 8.52. The highest BCUT2D eigenvalue weighted by Gasteiger charge is 2.37. The Morgan fingerprint density at radius 2 is 1.77 bits per heavy atom. The van der Waals surface area contributed by atoms with Gasteiger partial charge in [0.1, 0.15) is 17.0 Å². The first-order valence-corrected chi connectivity index (χ1v) is 11.0. The third kappa shape index (κ3) is 5.09. The number of thioether (sulfide) groups is 1. The van der Waals surface area contributed by atoms with Crippen LogP contribution < -0.4 is 0 Å². The van der Waals surface area contributed by atoms with Crippen molar-refractivity contribution in [3.8, 4) is 0 Å². The van der Waals surface area contributed by atoms with Crippen LogP contribution in [0.5, 0.6) is 0 Å². The Labute approximate surface area is 179 Å². The van der Waals surface area contributed by atoms with E-state index in [0.29, 0.717) is 17.0 Å². The lowest BCUT2D eigenvalue weighted by atomic mass is 10.1. The normalized spacial score (nSPS) is 21.5. The number of benzene rings is 2. The second kappa shape index (κ2) is 9.73. The van der Waals surface area contributed by atoms with E-state index < -0.39 is 0 Å². The van der Waals surface area contributed by atoms with Crippen molar-refractivity contribution in [3.63, 3.8) is 0 Å². The van der Waals surface area contributed by atoms with Crippen LogP contribution in [-0.4, -0.2) is 55.1 Å². The number of hydrogen-bond donors (Lipinski definition) is 0.